The number of nitro groups is 1. The number of carbonyl (C=O) groups excluding carboxylic acids is 4. The van der Waals surface area contributed by atoms with Crippen molar-refractivity contribution < 1.29 is 28.8 Å². The molecule has 1 fully saturated rings. The number of anilines is 1. The van der Waals surface area contributed by atoms with Gasteiger partial charge < -0.3 is 9.64 Å². The largest absolute Gasteiger partial charge is 0.462 e. The number of amides is 3. The van der Waals surface area contributed by atoms with E-state index in [-0.39, 0.29) is 34.9 Å². The number of halogens is 1. The average Bonchev–Trinajstić information content (AvgIpc) is 3.06. The molecular weight excluding hydrogens is 478 g/mol. The third-order valence-corrected chi connectivity index (χ3v) is 5.72. The second kappa shape index (κ2) is 9.83. The average molecular weight is 502 g/mol. The van der Waals surface area contributed by atoms with Gasteiger partial charge in [0.1, 0.15) is 11.1 Å². The number of imide groups is 1. The first-order valence-corrected chi connectivity index (χ1v) is 11.2. The first-order chi connectivity index (χ1) is 16.4. The van der Waals surface area contributed by atoms with Gasteiger partial charge in [0.15, 0.2) is 0 Å². The van der Waals surface area contributed by atoms with Crippen molar-refractivity contribution in [2.45, 2.75) is 45.7 Å². The zero-order valence-corrected chi connectivity index (χ0v) is 20.4. The fourth-order valence-electron chi connectivity index (χ4n) is 3.89. The first-order valence-electron chi connectivity index (χ1n) is 10.8. The molecule has 1 heterocycles. The predicted molar refractivity (Wildman–Crippen MR) is 127 cm³/mol. The molecule has 2 aromatic carbocycles. The summed E-state index contributed by atoms with van der Waals surface area (Å²) >= 11 is 5.87. The molecule has 35 heavy (non-hydrogen) atoms. The van der Waals surface area contributed by atoms with E-state index in [1.807, 2.05) is 0 Å². The molecule has 3 amide bonds. The van der Waals surface area contributed by atoms with Crippen LogP contribution in [0.5, 0.6) is 0 Å². The van der Waals surface area contributed by atoms with Crippen LogP contribution in [0.1, 0.15) is 54.8 Å². The highest BCUT2D eigenvalue weighted by molar-refractivity contribution is 6.32. The molecule has 0 radical (unpaired) electrons. The number of esters is 1. The number of ether oxygens (including phenoxy) is 1. The Balaban J connectivity index is 1.94. The highest BCUT2D eigenvalue weighted by atomic mass is 35.5. The summed E-state index contributed by atoms with van der Waals surface area (Å²) in [7, 11) is 0. The number of benzene rings is 2. The van der Waals surface area contributed by atoms with Crippen molar-refractivity contribution in [1.82, 2.24) is 4.90 Å². The van der Waals surface area contributed by atoms with Crippen molar-refractivity contribution in [1.29, 1.82) is 0 Å². The number of nitrogens with zero attached hydrogens (tertiary/aromatic N) is 3. The van der Waals surface area contributed by atoms with Gasteiger partial charge in [0.2, 0.25) is 5.91 Å². The Bertz CT molecular complexity index is 1200. The molecule has 1 aliphatic heterocycles. The van der Waals surface area contributed by atoms with Crippen LogP contribution in [-0.4, -0.2) is 51.7 Å². The van der Waals surface area contributed by atoms with Gasteiger partial charge in [-0.2, -0.15) is 0 Å². The third-order valence-electron chi connectivity index (χ3n) is 5.40. The first kappa shape index (κ1) is 25.8. The fourth-order valence-corrected chi connectivity index (χ4v) is 4.07. The summed E-state index contributed by atoms with van der Waals surface area (Å²) in [6.45, 7) is 6.98. The van der Waals surface area contributed by atoms with E-state index in [9.17, 15) is 29.3 Å². The lowest BCUT2D eigenvalue weighted by Crippen LogP contribution is -2.54. The Hall–Kier alpha value is -3.79. The Labute approximate surface area is 206 Å². The van der Waals surface area contributed by atoms with Gasteiger partial charge in [-0.3, -0.25) is 24.5 Å². The number of hydrogen-bond donors (Lipinski definition) is 0. The second-order valence-corrected chi connectivity index (χ2v) is 9.23. The minimum absolute atomic E-state index is 0.0338. The van der Waals surface area contributed by atoms with E-state index < -0.39 is 45.9 Å². The van der Waals surface area contributed by atoms with Crippen LogP contribution < -0.4 is 4.90 Å². The smallest absolute Gasteiger partial charge is 0.338 e. The van der Waals surface area contributed by atoms with Crippen molar-refractivity contribution >= 4 is 46.7 Å². The van der Waals surface area contributed by atoms with Crippen LogP contribution in [-0.2, 0) is 14.3 Å². The van der Waals surface area contributed by atoms with E-state index in [4.69, 9.17) is 16.3 Å². The van der Waals surface area contributed by atoms with E-state index >= 15 is 0 Å². The molecule has 10 nitrogen and oxygen atoms in total. The maximum Gasteiger partial charge on any atom is 0.338 e. The molecule has 0 aromatic heterocycles. The van der Waals surface area contributed by atoms with E-state index in [0.29, 0.717) is 0 Å². The van der Waals surface area contributed by atoms with E-state index in [1.54, 1.807) is 27.7 Å². The summed E-state index contributed by atoms with van der Waals surface area (Å²) in [5.74, 6) is -2.32. The van der Waals surface area contributed by atoms with Gasteiger partial charge in [0, 0.05) is 17.2 Å². The van der Waals surface area contributed by atoms with Crippen molar-refractivity contribution in [2.75, 3.05) is 11.5 Å². The Kier molecular flexibility index (Phi) is 7.25. The standard InChI is InChI=1S/C24H24ClN3O7/c1-5-35-23(32)14-6-9-16(10-7-14)26-20(29)13-19(22(26)31)27(24(2,3)4)21(30)15-8-11-17(25)18(12-15)28(33)34/h6-12,19H,5,13H2,1-4H3. The summed E-state index contributed by atoms with van der Waals surface area (Å²) in [6.07, 6.45) is -0.267. The fraction of sp³-hybridized carbons (Fsp3) is 0.333. The van der Waals surface area contributed by atoms with Crippen LogP contribution in [0.3, 0.4) is 0 Å². The minimum atomic E-state index is -1.13. The molecule has 1 saturated heterocycles. The highest BCUT2D eigenvalue weighted by Crippen LogP contribution is 2.32. The Morgan fingerprint density at radius 2 is 1.74 bits per heavy atom. The molecule has 0 spiro atoms. The van der Waals surface area contributed by atoms with Gasteiger partial charge >= 0.3 is 5.97 Å². The van der Waals surface area contributed by atoms with Crippen molar-refractivity contribution in [3.63, 3.8) is 0 Å². The molecule has 0 aliphatic carbocycles. The lowest BCUT2D eigenvalue weighted by atomic mass is 9.99. The molecule has 2 aromatic rings. The lowest BCUT2D eigenvalue weighted by Gasteiger charge is -2.39. The molecule has 1 atom stereocenters. The van der Waals surface area contributed by atoms with Crippen LogP contribution in [0.4, 0.5) is 11.4 Å². The summed E-state index contributed by atoms with van der Waals surface area (Å²) in [5, 5.41) is 11.2. The normalized spacial score (nSPS) is 15.8. The van der Waals surface area contributed by atoms with Gasteiger partial charge in [0.25, 0.3) is 17.5 Å². The third kappa shape index (κ3) is 5.17. The predicted octanol–water partition coefficient (Wildman–Crippen LogP) is 4.00. The number of nitro benzene ring substituents is 1. The number of rotatable bonds is 6. The molecule has 1 aliphatic rings. The Morgan fingerprint density at radius 1 is 1.14 bits per heavy atom. The number of carbonyl (C=O) groups is 4. The van der Waals surface area contributed by atoms with Crippen LogP contribution in [0.25, 0.3) is 0 Å². The van der Waals surface area contributed by atoms with E-state index in [1.165, 1.54) is 41.3 Å². The summed E-state index contributed by atoms with van der Waals surface area (Å²) in [4.78, 5) is 64.4. The summed E-state index contributed by atoms with van der Waals surface area (Å²) < 4.78 is 4.94. The lowest BCUT2D eigenvalue weighted by molar-refractivity contribution is -0.384. The molecule has 1 unspecified atom stereocenters. The van der Waals surface area contributed by atoms with Crippen LogP contribution in [0.2, 0.25) is 5.02 Å². The SMILES string of the molecule is CCOC(=O)c1ccc(N2C(=O)CC(N(C(=O)c3ccc(Cl)c([N+](=O)[O-])c3)C(C)(C)C)C2=O)cc1. The quantitative estimate of drug-likeness (QED) is 0.253. The zero-order chi connectivity index (χ0) is 26.1. The van der Waals surface area contributed by atoms with Crippen LogP contribution in [0, 0.1) is 10.1 Å². The molecule has 0 saturated carbocycles. The Morgan fingerprint density at radius 3 is 2.29 bits per heavy atom. The molecule has 3 rings (SSSR count). The van der Waals surface area contributed by atoms with Gasteiger partial charge in [0.05, 0.1) is 29.2 Å². The maximum absolute atomic E-state index is 13.5. The van der Waals surface area contributed by atoms with Crippen LogP contribution in [0.15, 0.2) is 42.5 Å². The van der Waals surface area contributed by atoms with E-state index in [0.717, 1.165) is 11.0 Å². The summed E-state index contributed by atoms with van der Waals surface area (Å²) in [5.41, 5.74) is -0.867. The number of hydrogen-bond acceptors (Lipinski definition) is 7. The van der Waals surface area contributed by atoms with Gasteiger partial charge in [-0.05, 0) is 64.1 Å². The molecule has 0 N–H and O–H groups in total. The monoisotopic (exact) mass is 501 g/mol. The minimum Gasteiger partial charge on any atom is -0.462 e. The highest BCUT2D eigenvalue weighted by Gasteiger charge is 2.48. The van der Waals surface area contributed by atoms with Crippen molar-refractivity contribution in [3.05, 3.63) is 68.7 Å². The van der Waals surface area contributed by atoms with Crippen LogP contribution >= 0.6 is 11.6 Å². The van der Waals surface area contributed by atoms with Gasteiger partial charge in [-0.25, -0.2) is 9.69 Å². The van der Waals surface area contributed by atoms with Crippen molar-refractivity contribution in [2.24, 2.45) is 0 Å². The molecular formula is C24H24ClN3O7. The van der Waals surface area contributed by atoms with E-state index in [2.05, 4.69) is 0 Å². The maximum atomic E-state index is 13.5. The molecule has 184 valence electrons. The topological polar surface area (TPSA) is 127 Å². The summed E-state index contributed by atoms with van der Waals surface area (Å²) in [6, 6.07) is 8.30. The van der Waals surface area contributed by atoms with Gasteiger partial charge in [-0.15, -0.1) is 0 Å². The molecule has 0 bridgehead atoms. The zero-order valence-electron chi connectivity index (χ0n) is 19.6. The van der Waals surface area contributed by atoms with Gasteiger partial charge in [-0.1, -0.05) is 11.6 Å². The molecule has 11 heteroatoms. The second-order valence-electron chi connectivity index (χ2n) is 8.82. The van der Waals surface area contributed by atoms with Crippen molar-refractivity contribution in [3.8, 4) is 0 Å².